The van der Waals surface area contributed by atoms with Gasteiger partial charge in [-0.25, -0.2) is 4.98 Å². The second kappa shape index (κ2) is 7.74. The molecule has 1 aliphatic heterocycles. The largest absolute Gasteiger partial charge is 0.351 e. The molecular formula is C18H20N6OS. The number of thioether (sulfide) groups is 1. The number of nitrogens with one attached hydrogen (secondary N) is 1. The summed E-state index contributed by atoms with van der Waals surface area (Å²) in [4.78, 5) is 18.8. The molecule has 0 aliphatic carbocycles. The van der Waals surface area contributed by atoms with Crippen molar-refractivity contribution >= 4 is 29.1 Å². The molecule has 1 amide bonds. The van der Waals surface area contributed by atoms with Gasteiger partial charge in [-0.15, -0.1) is 22.0 Å². The van der Waals surface area contributed by atoms with E-state index in [1.807, 2.05) is 28.8 Å². The monoisotopic (exact) mass is 368 g/mol. The third-order valence-electron chi connectivity index (χ3n) is 4.39. The lowest BCUT2D eigenvalue weighted by molar-refractivity contribution is -0.119. The number of amides is 1. The molecule has 0 saturated carbocycles. The molecule has 1 fully saturated rings. The van der Waals surface area contributed by atoms with Crippen LogP contribution in [0.3, 0.4) is 0 Å². The van der Waals surface area contributed by atoms with Crippen molar-refractivity contribution in [3.8, 4) is 0 Å². The minimum atomic E-state index is 0.0893. The highest BCUT2D eigenvalue weighted by molar-refractivity contribution is 7.99. The molecule has 0 unspecified atom stereocenters. The van der Waals surface area contributed by atoms with Gasteiger partial charge in [-0.3, -0.25) is 9.20 Å². The minimum absolute atomic E-state index is 0.0893. The van der Waals surface area contributed by atoms with E-state index in [1.54, 1.807) is 24.3 Å². The number of benzene rings is 1. The lowest BCUT2D eigenvalue weighted by Gasteiger charge is -2.18. The van der Waals surface area contributed by atoms with Crippen molar-refractivity contribution in [1.82, 2.24) is 24.9 Å². The lowest BCUT2D eigenvalue weighted by atomic mass is 10.2. The fourth-order valence-corrected chi connectivity index (χ4v) is 3.94. The predicted octanol–water partition coefficient (Wildman–Crippen LogP) is 1.75. The number of nitrogens with zero attached hydrogens (tertiary/aromatic N) is 5. The van der Waals surface area contributed by atoms with Crippen LogP contribution in [-0.2, 0) is 10.5 Å². The summed E-state index contributed by atoms with van der Waals surface area (Å²) in [6.07, 6.45) is 6.15. The van der Waals surface area contributed by atoms with Crippen molar-refractivity contribution in [3.63, 3.8) is 0 Å². The van der Waals surface area contributed by atoms with E-state index in [0.717, 1.165) is 36.7 Å². The van der Waals surface area contributed by atoms with Crippen molar-refractivity contribution in [3.05, 3.63) is 54.6 Å². The molecule has 134 valence electrons. The molecule has 1 atom stereocenters. The lowest BCUT2D eigenvalue weighted by Crippen LogP contribution is -2.38. The van der Waals surface area contributed by atoms with Gasteiger partial charge >= 0.3 is 0 Å². The first-order chi connectivity index (χ1) is 12.8. The molecule has 2 aromatic heterocycles. The fourth-order valence-electron chi connectivity index (χ4n) is 3.14. The van der Waals surface area contributed by atoms with E-state index < -0.39 is 0 Å². The van der Waals surface area contributed by atoms with Gasteiger partial charge in [0.15, 0.2) is 5.82 Å². The van der Waals surface area contributed by atoms with Crippen LogP contribution in [-0.4, -0.2) is 50.4 Å². The van der Waals surface area contributed by atoms with Crippen LogP contribution in [0.25, 0.3) is 5.65 Å². The quantitative estimate of drug-likeness (QED) is 0.714. The molecule has 3 aromatic rings. The van der Waals surface area contributed by atoms with Crippen LogP contribution in [0.5, 0.6) is 0 Å². The summed E-state index contributed by atoms with van der Waals surface area (Å²) in [6.45, 7) is 1.59. The number of fused-ring (bicyclic) bond motifs is 1. The Morgan fingerprint density at radius 2 is 2.19 bits per heavy atom. The molecule has 0 spiro atoms. The summed E-state index contributed by atoms with van der Waals surface area (Å²) in [6, 6.07) is 10.3. The van der Waals surface area contributed by atoms with E-state index in [1.165, 1.54) is 5.56 Å². The number of anilines is 1. The summed E-state index contributed by atoms with van der Waals surface area (Å²) in [7, 11) is 0. The summed E-state index contributed by atoms with van der Waals surface area (Å²) in [5.74, 6) is 2.24. The number of hydrogen-bond donors (Lipinski definition) is 1. The molecule has 1 aromatic carbocycles. The topological polar surface area (TPSA) is 75.4 Å². The molecule has 7 nitrogen and oxygen atoms in total. The van der Waals surface area contributed by atoms with Gasteiger partial charge in [-0.2, -0.15) is 0 Å². The van der Waals surface area contributed by atoms with Gasteiger partial charge in [0.25, 0.3) is 0 Å². The molecule has 1 aliphatic rings. The van der Waals surface area contributed by atoms with Crippen LogP contribution in [0.2, 0.25) is 0 Å². The number of carbonyl (C=O) groups excluding carboxylic acids is 1. The van der Waals surface area contributed by atoms with Gasteiger partial charge < -0.3 is 10.2 Å². The van der Waals surface area contributed by atoms with Crippen LogP contribution < -0.4 is 10.2 Å². The van der Waals surface area contributed by atoms with Gasteiger partial charge in [0.05, 0.1) is 5.75 Å². The maximum absolute atomic E-state index is 12.2. The SMILES string of the molecule is O=C(CSCc1ccccc1)N[C@@H]1CCN(c2nccn3cnnc23)C1. The van der Waals surface area contributed by atoms with Crippen LogP contribution in [0.1, 0.15) is 12.0 Å². The second-order valence-corrected chi connectivity index (χ2v) is 7.28. The number of rotatable bonds is 6. The Balaban J connectivity index is 1.27. The minimum Gasteiger partial charge on any atom is -0.351 e. The Bertz CT molecular complexity index is 884. The smallest absolute Gasteiger partial charge is 0.230 e. The fraction of sp³-hybridized carbons (Fsp3) is 0.333. The molecule has 26 heavy (non-hydrogen) atoms. The first-order valence-corrected chi connectivity index (χ1v) is 9.75. The van der Waals surface area contributed by atoms with E-state index in [-0.39, 0.29) is 11.9 Å². The van der Waals surface area contributed by atoms with Crippen molar-refractivity contribution in [2.24, 2.45) is 0 Å². The summed E-state index contributed by atoms with van der Waals surface area (Å²) < 4.78 is 1.86. The Hall–Kier alpha value is -2.61. The maximum atomic E-state index is 12.2. The zero-order valence-electron chi connectivity index (χ0n) is 14.3. The Morgan fingerprint density at radius 1 is 1.31 bits per heavy atom. The average Bonchev–Trinajstić information content (AvgIpc) is 3.31. The van der Waals surface area contributed by atoms with Crippen LogP contribution >= 0.6 is 11.8 Å². The first-order valence-electron chi connectivity index (χ1n) is 8.60. The molecule has 1 N–H and O–H groups in total. The van der Waals surface area contributed by atoms with Crippen LogP contribution in [0.15, 0.2) is 49.1 Å². The van der Waals surface area contributed by atoms with E-state index >= 15 is 0 Å². The van der Waals surface area contributed by atoms with Crippen molar-refractivity contribution < 1.29 is 4.79 Å². The van der Waals surface area contributed by atoms with Crippen molar-refractivity contribution in [2.45, 2.75) is 18.2 Å². The molecule has 1 saturated heterocycles. The molecule has 8 heteroatoms. The van der Waals surface area contributed by atoms with E-state index in [4.69, 9.17) is 0 Å². The van der Waals surface area contributed by atoms with Gasteiger partial charge in [-0.1, -0.05) is 30.3 Å². The maximum Gasteiger partial charge on any atom is 0.230 e. The van der Waals surface area contributed by atoms with Gasteiger partial charge in [0.2, 0.25) is 11.6 Å². The molecular weight excluding hydrogens is 348 g/mol. The zero-order chi connectivity index (χ0) is 17.8. The summed E-state index contributed by atoms with van der Waals surface area (Å²) in [5, 5.41) is 11.2. The molecule has 4 rings (SSSR count). The third kappa shape index (κ3) is 3.80. The zero-order valence-corrected chi connectivity index (χ0v) is 15.1. The third-order valence-corrected chi connectivity index (χ3v) is 5.40. The van der Waals surface area contributed by atoms with E-state index in [0.29, 0.717) is 5.75 Å². The number of hydrogen-bond acceptors (Lipinski definition) is 6. The van der Waals surface area contributed by atoms with Crippen LogP contribution in [0.4, 0.5) is 5.82 Å². The average molecular weight is 368 g/mol. The molecule has 3 heterocycles. The predicted molar refractivity (Wildman–Crippen MR) is 102 cm³/mol. The Kier molecular flexibility index (Phi) is 5.01. The number of aromatic nitrogens is 4. The van der Waals surface area contributed by atoms with Crippen molar-refractivity contribution in [2.75, 3.05) is 23.7 Å². The summed E-state index contributed by atoms with van der Waals surface area (Å²) >= 11 is 1.64. The first kappa shape index (κ1) is 16.8. The number of carbonyl (C=O) groups is 1. The van der Waals surface area contributed by atoms with Gasteiger partial charge in [0.1, 0.15) is 6.33 Å². The van der Waals surface area contributed by atoms with E-state index in [2.05, 4.69) is 37.5 Å². The van der Waals surface area contributed by atoms with Gasteiger partial charge in [0, 0.05) is 37.3 Å². The second-order valence-electron chi connectivity index (χ2n) is 6.29. The van der Waals surface area contributed by atoms with Crippen molar-refractivity contribution in [1.29, 1.82) is 0 Å². The molecule has 0 bridgehead atoms. The summed E-state index contributed by atoms with van der Waals surface area (Å²) in [5.41, 5.74) is 1.99. The van der Waals surface area contributed by atoms with Crippen LogP contribution in [0, 0.1) is 0 Å². The van der Waals surface area contributed by atoms with E-state index in [9.17, 15) is 4.79 Å². The Morgan fingerprint density at radius 3 is 3.08 bits per heavy atom. The standard InChI is InChI=1S/C18H20N6OS/c25-16(12-26-11-14-4-2-1-3-5-14)21-15-6-8-23(10-15)17-18-22-20-13-24(18)9-7-19-17/h1-5,7,9,13,15H,6,8,10-12H2,(H,21,25)/t15-/m1/s1. The highest BCUT2D eigenvalue weighted by atomic mass is 32.2. The Labute approximate surface area is 155 Å². The normalized spacial score (nSPS) is 16.9. The highest BCUT2D eigenvalue weighted by Gasteiger charge is 2.26. The molecule has 0 radical (unpaired) electrons. The highest BCUT2D eigenvalue weighted by Crippen LogP contribution is 2.21. The van der Waals surface area contributed by atoms with Gasteiger partial charge in [-0.05, 0) is 12.0 Å².